The standard InChI is InChI=1S/C26H29BrClN3OSSi/c1-18(24-30-29-19(2)31(24)25-22(16-28)23(27)17-33-25)15-26(3,4)34(32,20-11-7-5-8-12-20)21-13-9-6-10-14-21/h5-14,17-18,32H,15-16H2,1-4H3/t18-/m1/s1. The molecular weight excluding hydrogens is 546 g/mol. The van der Waals surface area contributed by atoms with Crippen molar-refractivity contribution in [2.45, 2.75) is 51.0 Å². The maximum atomic E-state index is 12.5. The summed E-state index contributed by atoms with van der Waals surface area (Å²) in [5.41, 5.74) is 1.04. The van der Waals surface area contributed by atoms with Crippen molar-refractivity contribution in [3.05, 3.63) is 87.7 Å². The van der Waals surface area contributed by atoms with Crippen molar-refractivity contribution in [2.24, 2.45) is 0 Å². The highest BCUT2D eigenvalue weighted by molar-refractivity contribution is 9.10. The molecule has 1 atom stereocenters. The van der Waals surface area contributed by atoms with Crippen LogP contribution in [-0.4, -0.2) is 27.9 Å². The molecule has 34 heavy (non-hydrogen) atoms. The Morgan fingerprint density at radius 3 is 2.15 bits per heavy atom. The van der Waals surface area contributed by atoms with Crippen LogP contribution >= 0.6 is 38.9 Å². The summed E-state index contributed by atoms with van der Waals surface area (Å²) in [6, 6.07) is 20.3. The number of benzene rings is 2. The highest BCUT2D eigenvalue weighted by atomic mass is 79.9. The van der Waals surface area contributed by atoms with Gasteiger partial charge in [-0.05, 0) is 44.7 Å². The molecule has 2 aromatic heterocycles. The molecule has 0 aliphatic rings. The van der Waals surface area contributed by atoms with E-state index in [2.05, 4.69) is 81.1 Å². The number of halogens is 2. The van der Waals surface area contributed by atoms with Crippen LogP contribution in [-0.2, 0) is 5.88 Å². The molecule has 4 rings (SSSR count). The zero-order valence-corrected chi connectivity index (χ0v) is 24.0. The maximum Gasteiger partial charge on any atom is 0.258 e. The number of hydrogen-bond acceptors (Lipinski definition) is 4. The normalized spacial score (nSPS) is 13.3. The molecule has 0 spiro atoms. The van der Waals surface area contributed by atoms with Gasteiger partial charge >= 0.3 is 0 Å². The third-order valence-corrected chi connectivity index (χ3v) is 13.4. The fourth-order valence-electron chi connectivity index (χ4n) is 4.92. The number of nitrogens with zero attached hydrogens (tertiary/aromatic N) is 3. The summed E-state index contributed by atoms with van der Waals surface area (Å²) in [5, 5.41) is 13.8. The maximum absolute atomic E-state index is 12.5. The lowest BCUT2D eigenvalue weighted by molar-refractivity contribution is 0.436. The summed E-state index contributed by atoms with van der Waals surface area (Å²) in [7, 11) is -3.11. The van der Waals surface area contributed by atoms with Crippen molar-refractivity contribution in [3.8, 4) is 5.00 Å². The van der Waals surface area contributed by atoms with Gasteiger partial charge in [0.05, 0.1) is 5.88 Å². The first-order chi connectivity index (χ1) is 16.2. The van der Waals surface area contributed by atoms with Gasteiger partial charge in [-0.2, -0.15) is 0 Å². The summed E-state index contributed by atoms with van der Waals surface area (Å²) >= 11 is 11.5. The Morgan fingerprint density at radius 2 is 1.62 bits per heavy atom. The second kappa shape index (κ2) is 10.1. The smallest absolute Gasteiger partial charge is 0.258 e. The minimum atomic E-state index is -3.11. The number of alkyl halides is 1. The number of rotatable bonds is 8. The molecular formula is C26H29BrClN3OSSi. The molecule has 0 amide bonds. The first-order valence-corrected chi connectivity index (χ1v) is 15.4. The van der Waals surface area contributed by atoms with Crippen LogP contribution in [0.3, 0.4) is 0 Å². The molecule has 0 bridgehead atoms. The van der Waals surface area contributed by atoms with Gasteiger partial charge in [0.1, 0.15) is 16.6 Å². The molecule has 1 N–H and O–H groups in total. The van der Waals surface area contributed by atoms with Crippen molar-refractivity contribution >= 4 is 57.6 Å². The summed E-state index contributed by atoms with van der Waals surface area (Å²) in [6.45, 7) is 8.53. The molecule has 0 saturated carbocycles. The third kappa shape index (κ3) is 4.44. The molecule has 0 aliphatic heterocycles. The monoisotopic (exact) mass is 573 g/mol. The summed E-state index contributed by atoms with van der Waals surface area (Å²) in [6.07, 6.45) is 0.750. The number of aromatic nitrogens is 3. The molecule has 0 fully saturated rings. The molecule has 4 nitrogen and oxygen atoms in total. The van der Waals surface area contributed by atoms with Gasteiger partial charge in [-0.15, -0.1) is 33.1 Å². The number of aryl methyl sites for hydroxylation is 1. The van der Waals surface area contributed by atoms with Crippen LogP contribution in [0, 0.1) is 6.92 Å². The van der Waals surface area contributed by atoms with E-state index >= 15 is 0 Å². The second-order valence-corrected chi connectivity index (χ2v) is 15.3. The second-order valence-electron chi connectivity index (χ2n) is 9.37. The molecule has 2 heterocycles. The third-order valence-electron chi connectivity index (χ3n) is 6.63. The zero-order chi connectivity index (χ0) is 24.5. The fourth-order valence-corrected chi connectivity index (χ4v) is 11.0. The van der Waals surface area contributed by atoms with Crippen LogP contribution in [0.5, 0.6) is 0 Å². The van der Waals surface area contributed by atoms with E-state index in [-0.39, 0.29) is 11.0 Å². The molecule has 0 aliphatic carbocycles. The highest BCUT2D eigenvalue weighted by Gasteiger charge is 2.50. The van der Waals surface area contributed by atoms with Gasteiger partial charge in [-0.3, -0.25) is 4.57 Å². The van der Waals surface area contributed by atoms with E-state index in [4.69, 9.17) is 11.6 Å². The first-order valence-electron chi connectivity index (χ1n) is 11.3. The number of thiophene rings is 1. The van der Waals surface area contributed by atoms with Crippen LogP contribution in [0.15, 0.2) is 70.5 Å². The van der Waals surface area contributed by atoms with E-state index in [0.717, 1.165) is 43.5 Å². The predicted octanol–water partition coefficient (Wildman–Crippen LogP) is 6.16. The van der Waals surface area contributed by atoms with E-state index in [1.807, 2.05) is 43.3 Å². The van der Waals surface area contributed by atoms with Gasteiger partial charge < -0.3 is 4.80 Å². The Bertz CT molecular complexity index is 1220. The average molecular weight is 575 g/mol. The minimum absolute atomic E-state index is 0.0618. The van der Waals surface area contributed by atoms with Gasteiger partial charge in [0.2, 0.25) is 0 Å². The summed E-state index contributed by atoms with van der Waals surface area (Å²) in [4.78, 5) is 12.5. The van der Waals surface area contributed by atoms with Crippen molar-refractivity contribution in [1.29, 1.82) is 0 Å². The predicted molar refractivity (Wildman–Crippen MR) is 148 cm³/mol. The minimum Gasteiger partial charge on any atom is -0.424 e. The molecule has 0 saturated heterocycles. The molecule has 178 valence electrons. The Morgan fingerprint density at radius 1 is 1.06 bits per heavy atom. The molecule has 2 aromatic carbocycles. The topological polar surface area (TPSA) is 50.9 Å². The van der Waals surface area contributed by atoms with Crippen molar-refractivity contribution in [3.63, 3.8) is 0 Å². The van der Waals surface area contributed by atoms with Gasteiger partial charge in [0.25, 0.3) is 8.32 Å². The van der Waals surface area contributed by atoms with Gasteiger partial charge in [0.15, 0.2) is 0 Å². The van der Waals surface area contributed by atoms with E-state index in [0.29, 0.717) is 5.88 Å². The van der Waals surface area contributed by atoms with Crippen LogP contribution in [0.2, 0.25) is 5.04 Å². The van der Waals surface area contributed by atoms with E-state index in [1.54, 1.807) is 11.3 Å². The Hall–Kier alpha value is -1.77. The first kappa shape index (κ1) is 25.3. The van der Waals surface area contributed by atoms with Crippen molar-refractivity contribution in [2.75, 3.05) is 0 Å². The summed E-state index contributed by atoms with van der Waals surface area (Å²) < 4.78 is 3.13. The molecule has 0 unspecified atom stereocenters. The van der Waals surface area contributed by atoms with Gasteiger partial charge in [-0.25, -0.2) is 0 Å². The van der Waals surface area contributed by atoms with Crippen LogP contribution < -0.4 is 10.4 Å². The summed E-state index contributed by atoms with van der Waals surface area (Å²) in [5.74, 6) is 2.19. The van der Waals surface area contributed by atoms with Gasteiger partial charge in [0, 0.05) is 21.3 Å². The number of hydrogen-bond donors (Lipinski definition) is 1. The van der Waals surface area contributed by atoms with Crippen LogP contribution in [0.1, 0.15) is 50.3 Å². The Labute approximate surface area is 219 Å². The van der Waals surface area contributed by atoms with E-state index < -0.39 is 8.32 Å². The quantitative estimate of drug-likeness (QED) is 0.202. The fraction of sp³-hybridized carbons (Fsp3) is 0.308. The van der Waals surface area contributed by atoms with Crippen molar-refractivity contribution < 1.29 is 4.80 Å². The lowest BCUT2D eigenvalue weighted by Crippen LogP contribution is -2.65. The largest absolute Gasteiger partial charge is 0.424 e. The SMILES string of the molecule is Cc1nnc([C@H](C)CC(C)(C)[Si](O)(c2ccccc2)c2ccccc2)n1-c1scc(Br)c1CCl. The molecule has 0 radical (unpaired) electrons. The van der Waals surface area contributed by atoms with Gasteiger partial charge in [-0.1, -0.05) is 81.4 Å². The molecule has 4 aromatic rings. The highest BCUT2D eigenvalue weighted by Crippen LogP contribution is 2.44. The zero-order valence-electron chi connectivity index (χ0n) is 19.8. The van der Waals surface area contributed by atoms with Crippen LogP contribution in [0.25, 0.3) is 5.00 Å². The average Bonchev–Trinajstić information content (AvgIpc) is 3.40. The van der Waals surface area contributed by atoms with E-state index in [9.17, 15) is 4.80 Å². The Balaban J connectivity index is 1.76. The Kier molecular flexibility index (Phi) is 7.50. The van der Waals surface area contributed by atoms with E-state index in [1.165, 1.54) is 0 Å². The van der Waals surface area contributed by atoms with Crippen LogP contribution in [0.4, 0.5) is 0 Å². The molecule has 8 heteroatoms. The lowest BCUT2D eigenvalue weighted by Gasteiger charge is -2.42. The van der Waals surface area contributed by atoms with Crippen molar-refractivity contribution in [1.82, 2.24) is 14.8 Å². The lowest BCUT2D eigenvalue weighted by atomic mass is 9.97.